The van der Waals surface area contributed by atoms with Gasteiger partial charge in [0, 0.05) is 25.7 Å². The molecule has 22 heavy (non-hydrogen) atoms. The number of hydrogen-bond acceptors (Lipinski definition) is 4. The number of carbonyl (C=O) groups excluding carboxylic acids is 1. The summed E-state index contributed by atoms with van der Waals surface area (Å²) in [5.41, 5.74) is 0. The topological polar surface area (TPSA) is 90.9 Å². The Hall–Kier alpha value is -1.34. The van der Waals surface area contributed by atoms with Gasteiger partial charge < -0.3 is 20.5 Å². The Morgan fingerprint density at radius 3 is 2.45 bits per heavy atom. The van der Waals surface area contributed by atoms with Crippen LogP contribution in [0.3, 0.4) is 0 Å². The van der Waals surface area contributed by atoms with Gasteiger partial charge in [0.15, 0.2) is 0 Å². The lowest BCUT2D eigenvalue weighted by Crippen LogP contribution is -2.56. The van der Waals surface area contributed by atoms with Crippen molar-refractivity contribution in [1.82, 2.24) is 15.5 Å². The number of aliphatic carboxylic acids is 1. The molecule has 1 rings (SSSR count). The minimum absolute atomic E-state index is 0.00559. The number of carboxylic acid groups (broad SMARTS) is 1. The Bertz CT molecular complexity index is 370. The number of nitrogens with one attached hydrogen (secondary N) is 2. The van der Waals surface area contributed by atoms with Crippen molar-refractivity contribution >= 4 is 12.0 Å². The maximum absolute atomic E-state index is 11.8. The molecule has 0 bridgehead atoms. The normalized spacial score (nSPS) is 22.3. The Labute approximate surface area is 132 Å². The largest absolute Gasteiger partial charge is 0.480 e. The Kier molecular flexibility index (Phi) is 7.61. The van der Waals surface area contributed by atoms with Gasteiger partial charge in [0.05, 0.1) is 12.6 Å². The first-order valence-corrected chi connectivity index (χ1v) is 7.90. The smallest absolute Gasteiger partial charge is 0.317 e. The molecule has 0 aromatic heterocycles. The summed E-state index contributed by atoms with van der Waals surface area (Å²) in [6.45, 7) is 7.30. The lowest BCUT2D eigenvalue weighted by molar-refractivity contribution is -0.139. The molecule has 128 valence electrons. The van der Waals surface area contributed by atoms with Crippen molar-refractivity contribution in [1.29, 1.82) is 0 Å². The third kappa shape index (κ3) is 5.81. The Morgan fingerprint density at radius 1 is 1.36 bits per heavy atom. The summed E-state index contributed by atoms with van der Waals surface area (Å²) in [6, 6.07) is 0.175. The van der Waals surface area contributed by atoms with Gasteiger partial charge >= 0.3 is 12.0 Å². The molecular formula is C15H29N3O4. The summed E-state index contributed by atoms with van der Waals surface area (Å²) in [4.78, 5) is 24.5. The highest BCUT2D eigenvalue weighted by Gasteiger charge is 2.34. The molecule has 0 aliphatic heterocycles. The van der Waals surface area contributed by atoms with Crippen molar-refractivity contribution in [2.24, 2.45) is 5.92 Å². The Morgan fingerprint density at radius 2 is 2.00 bits per heavy atom. The van der Waals surface area contributed by atoms with Gasteiger partial charge in [-0.15, -0.1) is 0 Å². The highest BCUT2D eigenvalue weighted by Crippen LogP contribution is 2.25. The molecule has 0 radical (unpaired) electrons. The van der Waals surface area contributed by atoms with Crippen LogP contribution in [0.4, 0.5) is 4.79 Å². The number of carbonyl (C=O) groups is 2. The number of urea groups is 1. The van der Waals surface area contributed by atoms with Gasteiger partial charge in [-0.25, -0.2) is 4.79 Å². The molecular weight excluding hydrogens is 286 g/mol. The van der Waals surface area contributed by atoms with Crippen molar-refractivity contribution in [2.75, 3.05) is 26.7 Å². The van der Waals surface area contributed by atoms with E-state index in [0.717, 1.165) is 12.8 Å². The second kappa shape index (κ2) is 8.95. The van der Waals surface area contributed by atoms with E-state index in [4.69, 9.17) is 9.84 Å². The van der Waals surface area contributed by atoms with E-state index in [1.807, 2.05) is 25.7 Å². The van der Waals surface area contributed by atoms with Crippen LogP contribution in [0.5, 0.6) is 0 Å². The average Bonchev–Trinajstić information content (AvgIpc) is 2.40. The fourth-order valence-corrected chi connectivity index (χ4v) is 2.70. The Balaban J connectivity index is 2.24. The number of rotatable bonds is 9. The van der Waals surface area contributed by atoms with Gasteiger partial charge in [-0.2, -0.15) is 0 Å². The van der Waals surface area contributed by atoms with Crippen LogP contribution >= 0.6 is 0 Å². The van der Waals surface area contributed by atoms with Crippen molar-refractivity contribution < 1.29 is 19.4 Å². The molecule has 1 atom stereocenters. The third-order valence-corrected chi connectivity index (χ3v) is 4.22. The summed E-state index contributed by atoms with van der Waals surface area (Å²) >= 11 is 0. The molecule has 0 aromatic carbocycles. The van der Waals surface area contributed by atoms with Gasteiger partial charge in [-0.1, -0.05) is 20.8 Å². The number of nitrogens with zero attached hydrogens (tertiary/aromatic N) is 1. The number of ether oxygens (including phenoxy) is 1. The van der Waals surface area contributed by atoms with Crippen LogP contribution in [-0.2, 0) is 9.53 Å². The van der Waals surface area contributed by atoms with E-state index in [-0.39, 0.29) is 30.8 Å². The zero-order chi connectivity index (χ0) is 16.7. The molecule has 1 unspecified atom stereocenters. The van der Waals surface area contributed by atoms with Crippen molar-refractivity contribution in [3.05, 3.63) is 0 Å². The summed E-state index contributed by atoms with van der Waals surface area (Å²) < 4.78 is 5.30. The summed E-state index contributed by atoms with van der Waals surface area (Å²) in [5.74, 6) is -0.470. The second-order valence-corrected chi connectivity index (χ2v) is 6.15. The first kappa shape index (κ1) is 18.7. The number of carboxylic acids is 1. The highest BCUT2D eigenvalue weighted by atomic mass is 16.5. The number of likely N-dealkylation sites (N-methyl/N-ethyl adjacent to an activating group) is 1. The fraction of sp³-hybridized carbons (Fsp3) is 0.867. The minimum atomic E-state index is -0.810. The first-order valence-electron chi connectivity index (χ1n) is 7.90. The predicted molar refractivity (Wildman–Crippen MR) is 83.9 cm³/mol. The molecule has 7 heteroatoms. The standard InChI is InChI=1S/C15H29N3O4/c1-5-18(9-14(19)20)12-6-11(7-12)17-15(21)16-8-13(22-4)10(2)3/h10-13H,5-9H2,1-4H3,(H,19,20)(H2,16,17,21). The molecule has 1 aliphatic carbocycles. The van der Waals surface area contributed by atoms with E-state index in [2.05, 4.69) is 10.6 Å². The lowest BCUT2D eigenvalue weighted by atomic mass is 9.85. The van der Waals surface area contributed by atoms with Crippen molar-refractivity contribution in [3.8, 4) is 0 Å². The third-order valence-electron chi connectivity index (χ3n) is 4.22. The first-order chi connectivity index (χ1) is 10.4. The van der Waals surface area contributed by atoms with E-state index in [0.29, 0.717) is 19.0 Å². The van der Waals surface area contributed by atoms with Gasteiger partial charge in [0.25, 0.3) is 0 Å². The van der Waals surface area contributed by atoms with Crippen LogP contribution in [-0.4, -0.2) is 66.9 Å². The maximum Gasteiger partial charge on any atom is 0.317 e. The van der Waals surface area contributed by atoms with E-state index >= 15 is 0 Å². The maximum atomic E-state index is 11.8. The van der Waals surface area contributed by atoms with Gasteiger partial charge in [0.2, 0.25) is 0 Å². The summed E-state index contributed by atoms with van der Waals surface area (Å²) in [5, 5.41) is 14.6. The highest BCUT2D eigenvalue weighted by molar-refractivity contribution is 5.74. The monoisotopic (exact) mass is 315 g/mol. The fourth-order valence-electron chi connectivity index (χ4n) is 2.70. The molecule has 0 aromatic rings. The van der Waals surface area contributed by atoms with Gasteiger partial charge in [-0.05, 0) is 25.3 Å². The molecule has 1 saturated carbocycles. The predicted octanol–water partition coefficient (Wildman–Crippen LogP) is 0.894. The molecule has 0 heterocycles. The summed E-state index contributed by atoms with van der Waals surface area (Å²) in [7, 11) is 1.64. The van der Waals surface area contributed by atoms with Gasteiger partial charge in [0.1, 0.15) is 0 Å². The van der Waals surface area contributed by atoms with E-state index in [9.17, 15) is 9.59 Å². The van der Waals surface area contributed by atoms with Crippen molar-refractivity contribution in [3.63, 3.8) is 0 Å². The van der Waals surface area contributed by atoms with Crippen LogP contribution in [0.2, 0.25) is 0 Å². The number of hydrogen-bond donors (Lipinski definition) is 3. The van der Waals surface area contributed by atoms with Crippen LogP contribution in [0.15, 0.2) is 0 Å². The minimum Gasteiger partial charge on any atom is -0.480 e. The van der Waals surface area contributed by atoms with Crippen LogP contribution in [0.1, 0.15) is 33.6 Å². The molecule has 0 saturated heterocycles. The quantitative estimate of drug-likeness (QED) is 0.588. The lowest BCUT2D eigenvalue weighted by Gasteiger charge is -2.42. The second-order valence-electron chi connectivity index (χ2n) is 6.15. The molecule has 2 amide bonds. The summed E-state index contributed by atoms with van der Waals surface area (Å²) in [6.07, 6.45) is 1.60. The van der Waals surface area contributed by atoms with Crippen molar-refractivity contribution in [2.45, 2.75) is 51.8 Å². The number of methoxy groups -OCH3 is 1. The molecule has 7 nitrogen and oxygen atoms in total. The zero-order valence-electron chi connectivity index (χ0n) is 14.0. The SMILES string of the molecule is CCN(CC(=O)O)C1CC(NC(=O)NCC(OC)C(C)C)C1. The van der Waals surface area contributed by atoms with E-state index < -0.39 is 5.97 Å². The average molecular weight is 315 g/mol. The van der Waals surface area contributed by atoms with Crippen LogP contribution in [0.25, 0.3) is 0 Å². The molecule has 1 fully saturated rings. The van der Waals surface area contributed by atoms with Crippen LogP contribution < -0.4 is 10.6 Å². The van der Waals surface area contributed by atoms with E-state index in [1.54, 1.807) is 7.11 Å². The number of amides is 2. The molecule has 1 aliphatic rings. The van der Waals surface area contributed by atoms with Crippen LogP contribution in [0, 0.1) is 5.92 Å². The molecule has 0 spiro atoms. The zero-order valence-corrected chi connectivity index (χ0v) is 14.0. The molecule has 3 N–H and O–H groups in total. The van der Waals surface area contributed by atoms with E-state index in [1.165, 1.54) is 0 Å². The van der Waals surface area contributed by atoms with Gasteiger partial charge in [-0.3, -0.25) is 9.69 Å².